The van der Waals surface area contributed by atoms with Crippen LogP contribution in [0.1, 0.15) is 41.6 Å². The summed E-state index contributed by atoms with van der Waals surface area (Å²) in [6, 6.07) is 9.21. The van der Waals surface area contributed by atoms with E-state index in [4.69, 9.17) is 16.9 Å². The lowest BCUT2D eigenvalue weighted by Crippen LogP contribution is -2.44. The second-order valence-corrected chi connectivity index (χ2v) is 5.20. The highest BCUT2D eigenvalue weighted by Crippen LogP contribution is 2.22. The molecule has 1 atom stereocenters. The molecule has 1 unspecified atom stereocenters. The topological polar surface area (TPSA) is 44.1 Å². The third kappa shape index (κ3) is 3.27. The van der Waals surface area contributed by atoms with Crippen molar-refractivity contribution in [3.05, 3.63) is 35.4 Å². The Kier molecular flexibility index (Phi) is 4.81. The molecule has 1 aliphatic rings. The number of hydrogen-bond donors (Lipinski definition) is 0. The van der Waals surface area contributed by atoms with E-state index in [1.807, 2.05) is 4.90 Å². The largest absolute Gasteiger partial charge is 0.336 e. The number of nitrogens with zero attached hydrogens (tertiary/aromatic N) is 2. The van der Waals surface area contributed by atoms with E-state index in [2.05, 4.69) is 6.07 Å². The van der Waals surface area contributed by atoms with Crippen molar-refractivity contribution in [2.24, 2.45) is 0 Å². The van der Waals surface area contributed by atoms with Crippen LogP contribution in [0.15, 0.2) is 24.3 Å². The summed E-state index contributed by atoms with van der Waals surface area (Å²) < 4.78 is 0. The summed E-state index contributed by atoms with van der Waals surface area (Å²) in [7, 11) is 0. The van der Waals surface area contributed by atoms with E-state index >= 15 is 0 Å². The minimum atomic E-state index is 0.0203. The van der Waals surface area contributed by atoms with Gasteiger partial charge in [0.25, 0.3) is 5.91 Å². The zero-order valence-corrected chi connectivity index (χ0v) is 11.6. The Morgan fingerprint density at radius 2 is 2.32 bits per heavy atom. The maximum Gasteiger partial charge on any atom is 0.254 e. The fourth-order valence-corrected chi connectivity index (χ4v) is 2.83. The minimum absolute atomic E-state index is 0.0203. The molecule has 1 saturated heterocycles. The minimum Gasteiger partial charge on any atom is -0.336 e. The first-order valence-corrected chi connectivity index (χ1v) is 7.17. The molecule has 19 heavy (non-hydrogen) atoms. The lowest BCUT2D eigenvalue weighted by Gasteiger charge is -2.35. The van der Waals surface area contributed by atoms with Crippen molar-refractivity contribution >= 4 is 17.5 Å². The van der Waals surface area contributed by atoms with Gasteiger partial charge < -0.3 is 4.90 Å². The summed E-state index contributed by atoms with van der Waals surface area (Å²) in [5.74, 6) is 0.596. The Labute approximate surface area is 118 Å². The van der Waals surface area contributed by atoms with Crippen molar-refractivity contribution in [2.75, 3.05) is 12.4 Å². The summed E-state index contributed by atoms with van der Waals surface area (Å²) in [5.41, 5.74) is 1.12. The Balaban J connectivity index is 2.18. The summed E-state index contributed by atoms with van der Waals surface area (Å²) in [6.45, 7) is 0.789. The number of halogens is 1. The highest BCUT2D eigenvalue weighted by Gasteiger charge is 2.26. The number of piperidine rings is 1. The van der Waals surface area contributed by atoms with Gasteiger partial charge >= 0.3 is 0 Å². The van der Waals surface area contributed by atoms with E-state index in [1.165, 1.54) is 0 Å². The van der Waals surface area contributed by atoms with Gasteiger partial charge in [-0.25, -0.2) is 0 Å². The van der Waals surface area contributed by atoms with Crippen molar-refractivity contribution in [3.8, 4) is 6.07 Å². The third-order valence-electron chi connectivity index (χ3n) is 3.57. The quantitative estimate of drug-likeness (QED) is 0.796. The number of amides is 1. The van der Waals surface area contributed by atoms with Crippen molar-refractivity contribution in [1.29, 1.82) is 5.26 Å². The highest BCUT2D eigenvalue weighted by molar-refractivity contribution is 6.17. The molecule has 0 radical (unpaired) electrons. The molecule has 1 aliphatic heterocycles. The fraction of sp³-hybridized carbons (Fsp3) is 0.467. The standard InChI is InChI=1S/C15H17ClN2O/c16-8-7-14-6-1-2-9-18(14)15(19)13-5-3-4-12(10-13)11-17/h3-5,10,14H,1-2,6-9H2. The molecule has 1 amide bonds. The summed E-state index contributed by atoms with van der Waals surface area (Å²) in [4.78, 5) is 14.4. The number of nitriles is 1. The average molecular weight is 277 g/mol. The number of carbonyl (C=O) groups is 1. The Hall–Kier alpha value is -1.53. The molecule has 1 heterocycles. The van der Waals surface area contributed by atoms with E-state index in [-0.39, 0.29) is 11.9 Å². The third-order valence-corrected chi connectivity index (χ3v) is 3.79. The van der Waals surface area contributed by atoms with Crippen LogP contribution >= 0.6 is 11.6 Å². The molecule has 0 N–H and O–H groups in total. The number of carbonyl (C=O) groups excluding carboxylic acids is 1. The molecule has 1 aromatic carbocycles. The Bertz CT molecular complexity index is 493. The molecule has 0 spiro atoms. The zero-order valence-electron chi connectivity index (χ0n) is 10.8. The van der Waals surface area contributed by atoms with Crippen LogP contribution in [0.3, 0.4) is 0 Å². The van der Waals surface area contributed by atoms with E-state index in [0.29, 0.717) is 17.0 Å². The predicted molar refractivity (Wildman–Crippen MR) is 75.2 cm³/mol. The van der Waals surface area contributed by atoms with E-state index < -0.39 is 0 Å². The predicted octanol–water partition coefficient (Wildman–Crippen LogP) is 3.18. The number of likely N-dealkylation sites (tertiary alicyclic amines) is 1. The number of alkyl halides is 1. The highest BCUT2D eigenvalue weighted by atomic mass is 35.5. The molecular weight excluding hydrogens is 260 g/mol. The van der Waals surface area contributed by atoms with Crippen LogP contribution in [0, 0.1) is 11.3 Å². The second-order valence-electron chi connectivity index (χ2n) is 4.82. The van der Waals surface area contributed by atoms with E-state index in [9.17, 15) is 4.79 Å². The summed E-state index contributed by atoms with van der Waals surface area (Å²) >= 11 is 5.82. The van der Waals surface area contributed by atoms with Gasteiger partial charge in [-0.3, -0.25) is 4.79 Å². The molecule has 0 saturated carbocycles. The number of benzene rings is 1. The SMILES string of the molecule is N#Cc1cccc(C(=O)N2CCCCC2CCCl)c1. The van der Waals surface area contributed by atoms with Crippen molar-refractivity contribution in [1.82, 2.24) is 4.90 Å². The molecule has 4 heteroatoms. The molecule has 0 aliphatic carbocycles. The van der Waals surface area contributed by atoms with Crippen molar-refractivity contribution < 1.29 is 4.79 Å². The molecular formula is C15H17ClN2O. The normalized spacial score (nSPS) is 18.9. The van der Waals surface area contributed by atoms with Gasteiger partial charge in [-0.1, -0.05) is 6.07 Å². The van der Waals surface area contributed by atoms with Gasteiger partial charge in [0.05, 0.1) is 11.6 Å². The Morgan fingerprint density at radius 1 is 1.47 bits per heavy atom. The molecule has 0 bridgehead atoms. The van der Waals surface area contributed by atoms with Gasteiger partial charge in [0.1, 0.15) is 0 Å². The van der Waals surface area contributed by atoms with Crippen molar-refractivity contribution in [3.63, 3.8) is 0 Å². The molecule has 0 aromatic heterocycles. The van der Waals surface area contributed by atoms with E-state index in [1.54, 1.807) is 24.3 Å². The lowest BCUT2D eigenvalue weighted by molar-refractivity contribution is 0.0609. The Morgan fingerprint density at radius 3 is 3.05 bits per heavy atom. The summed E-state index contributed by atoms with van der Waals surface area (Å²) in [5, 5.41) is 8.90. The second kappa shape index (κ2) is 6.58. The smallest absolute Gasteiger partial charge is 0.254 e. The maximum absolute atomic E-state index is 12.5. The van der Waals surface area contributed by atoms with Gasteiger partial charge in [0.15, 0.2) is 0 Å². The van der Waals surface area contributed by atoms with Crippen LogP contribution in [0.4, 0.5) is 0 Å². The van der Waals surface area contributed by atoms with Gasteiger partial charge in [-0.05, 0) is 43.9 Å². The first-order valence-electron chi connectivity index (χ1n) is 6.63. The zero-order chi connectivity index (χ0) is 13.7. The summed E-state index contributed by atoms with van der Waals surface area (Å²) in [6.07, 6.45) is 4.06. The first kappa shape index (κ1) is 13.9. The number of hydrogen-bond acceptors (Lipinski definition) is 2. The van der Waals surface area contributed by atoms with Gasteiger partial charge in [-0.2, -0.15) is 5.26 Å². The van der Waals surface area contributed by atoms with Crippen LogP contribution in [0.5, 0.6) is 0 Å². The lowest BCUT2D eigenvalue weighted by atomic mass is 9.98. The first-order chi connectivity index (χ1) is 9.26. The van der Waals surface area contributed by atoms with E-state index in [0.717, 1.165) is 32.2 Å². The van der Waals surface area contributed by atoms with Gasteiger partial charge in [0.2, 0.25) is 0 Å². The molecule has 1 aromatic rings. The van der Waals surface area contributed by atoms with Gasteiger partial charge in [0, 0.05) is 24.0 Å². The van der Waals surface area contributed by atoms with Crippen LogP contribution in [-0.2, 0) is 0 Å². The van der Waals surface area contributed by atoms with Crippen molar-refractivity contribution in [2.45, 2.75) is 31.7 Å². The fourth-order valence-electron chi connectivity index (χ4n) is 2.58. The molecule has 1 fully saturated rings. The maximum atomic E-state index is 12.5. The monoisotopic (exact) mass is 276 g/mol. The molecule has 100 valence electrons. The average Bonchev–Trinajstić information content (AvgIpc) is 2.47. The van der Waals surface area contributed by atoms with Crippen LogP contribution in [-0.4, -0.2) is 29.3 Å². The van der Waals surface area contributed by atoms with Crippen LogP contribution in [0.2, 0.25) is 0 Å². The van der Waals surface area contributed by atoms with Crippen LogP contribution in [0.25, 0.3) is 0 Å². The molecule has 3 nitrogen and oxygen atoms in total. The number of rotatable bonds is 3. The van der Waals surface area contributed by atoms with Gasteiger partial charge in [-0.15, -0.1) is 11.6 Å². The molecule has 2 rings (SSSR count). The van der Waals surface area contributed by atoms with Crippen LogP contribution < -0.4 is 0 Å².